The molecule has 1 aromatic rings. The van der Waals surface area contributed by atoms with Crippen LogP contribution in [-0.4, -0.2) is 28.3 Å². The number of benzene rings is 1. The van der Waals surface area contributed by atoms with E-state index >= 15 is 0 Å². The summed E-state index contributed by atoms with van der Waals surface area (Å²) in [7, 11) is -0.920. The SMILES string of the molecule is C[C@H](C[S@@](C)=O)NC(=O)N[C@H](c1ccc(Cl)cc1)C1CCC1. The summed E-state index contributed by atoms with van der Waals surface area (Å²) in [5.41, 5.74) is 1.08. The van der Waals surface area contributed by atoms with E-state index in [0.717, 1.165) is 18.4 Å². The lowest BCUT2D eigenvalue weighted by atomic mass is 9.77. The standard InChI is InChI=1S/C16H23ClN2O2S/c1-11(10-22(2)21)18-16(20)19-15(12-4-3-5-12)13-6-8-14(17)9-7-13/h6-9,11-12,15H,3-5,10H2,1-2H3,(H2,18,19,20)/t11-,15+,22-/m1/s1. The molecule has 22 heavy (non-hydrogen) atoms. The van der Waals surface area contributed by atoms with Crippen LogP contribution in [-0.2, 0) is 10.8 Å². The Morgan fingerprint density at radius 3 is 2.45 bits per heavy atom. The average Bonchev–Trinajstić information content (AvgIpc) is 2.35. The topological polar surface area (TPSA) is 58.2 Å². The molecule has 6 heteroatoms. The van der Waals surface area contributed by atoms with Crippen LogP contribution in [0.1, 0.15) is 37.8 Å². The maximum atomic E-state index is 12.2. The van der Waals surface area contributed by atoms with Crippen molar-refractivity contribution in [1.82, 2.24) is 10.6 Å². The summed E-state index contributed by atoms with van der Waals surface area (Å²) in [4.78, 5) is 12.2. The van der Waals surface area contributed by atoms with E-state index < -0.39 is 10.8 Å². The number of carbonyl (C=O) groups is 1. The molecule has 0 spiro atoms. The van der Waals surface area contributed by atoms with Crippen molar-refractivity contribution < 1.29 is 9.00 Å². The van der Waals surface area contributed by atoms with Crippen LogP contribution in [0.25, 0.3) is 0 Å². The zero-order valence-corrected chi connectivity index (χ0v) is 14.5. The van der Waals surface area contributed by atoms with Gasteiger partial charge in [-0.3, -0.25) is 4.21 Å². The van der Waals surface area contributed by atoms with Crippen LogP contribution in [0.4, 0.5) is 4.79 Å². The minimum absolute atomic E-state index is 0.00495. The van der Waals surface area contributed by atoms with Crippen molar-refractivity contribution in [2.24, 2.45) is 5.92 Å². The molecule has 0 radical (unpaired) electrons. The summed E-state index contributed by atoms with van der Waals surface area (Å²) in [6.45, 7) is 1.86. The highest BCUT2D eigenvalue weighted by molar-refractivity contribution is 7.84. The number of hydrogen-bond donors (Lipinski definition) is 2. The van der Waals surface area contributed by atoms with Gasteiger partial charge in [0.05, 0.1) is 6.04 Å². The maximum absolute atomic E-state index is 12.2. The van der Waals surface area contributed by atoms with Crippen molar-refractivity contribution in [2.45, 2.75) is 38.3 Å². The van der Waals surface area contributed by atoms with Crippen molar-refractivity contribution in [2.75, 3.05) is 12.0 Å². The summed E-state index contributed by atoms with van der Waals surface area (Å²) >= 11 is 5.94. The van der Waals surface area contributed by atoms with Crippen molar-refractivity contribution in [3.63, 3.8) is 0 Å². The number of nitrogens with one attached hydrogen (secondary N) is 2. The minimum Gasteiger partial charge on any atom is -0.335 e. The molecule has 2 rings (SSSR count). The second-order valence-corrected chi connectivity index (χ2v) is 7.90. The number of rotatable bonds is 6. The third-order valence-corrected chi connectivity index (χ3v) is 5.22. The molecule has 0 heterocycles. The van der Waals surface area contributed by atoms with Crippen LogP contribution in [0.2, 0.25) is 5.02 Å². The molecule has 0 aliphatic heterocycles. The van der Waals surface area contributed by atoms with Gasteiger partial charge in [-0.25, -0.2) is 4.79 Å². The fourth-order valence-electron chi connectivity index (χ4n) is 2.72. The number of urea groups is 1. The number of amides is 2. The first-order valence-electron chi connectivity index (χ1n) is 7.58. The van der Waals surface area contributed by atoms with Gasteiger partial charge in [-0.05, 0) is 43.4 Å². The minimum atomic E-state index is -0.920. The maximum Gasteiger partial charge on any atom is 0.315 e. The quantitative estimate of drug-likeness (QED) is 0.833. The normalized spacial score (nSPS) is 18.9. The van der Waals surface area contributed by atoms with Crippen LogP contribution in [0, 0.1) is 5.92 Å². The molecule has 0 aromatic heterocycles. The molecular weight excluding hydrogens is 320 g/mol. The Morgan fingerprint density at radius 2 is 1.95 bits per heavy atom. The predicted octanol–water partition coefficient (Wildman–Crippen LogP) is 3.25. The lowest BCUT2D eigenvalue weighted by Gasteiger charge is -2.35. The summed E-state index contributed by atoms with van der Waals surface area (Å²) in [6.07, 6.45) is 5.11. The monoisotopic (exact) mass is 342 g/mol. The van der Waals surface area contributed by atoms with Gasteiger partial charge in [0, 0.05) is 33.9 Å². The summed E-state index contributed by atoms with van der Waals surface area (Å²) in [5.74, 6) is 0.935. The molecule has 1 aromatic carbocycles. The van der Waals surface area contributed by atoms with E-state index in [1.165, 1.54) is 6.42 Å². The lowest BCUT2D eigenvalue weighted by Crippen LogP contribution is -2.46. The van der Waals surface area contributed by atoms with Crippen molar-refractivity contribution >= 4 is 28.4 Å². The summed E-state index contributed by atoms with van der Waals surface area (Å²) in [6, 6.07) is 7.33. The first-order valence-corrected chi connectivity index (χ1v) is 9.68. The molecule has 2 amide bonds. The van der Waals surface area contributed by atoms with Gasteiger partial charge < -0.3 is 10.6 Å². The van der Waals surface area contributed by atoms with Crippen LogP contribution < -0.4 is 10.6 Å². The van der Waals surface area contributed by atoms with Gasteiger partial charge >= 0.3 is 6.03 Å². The molecule has 1 saturated carbocycles. The Hall–Kier alpha value is -1.07. The number of hydrogen-bond acceptors (Lipinski definition) is 2. The van der Waals surface area contributed by atoms with Gasteiger partial charge in [0.25, 0.3) is 0 Å². The van der Waals surface area contributed by atoms with Crippen molar-refractivity contribution in [1.29, 1.82) is 0 Å². The molecule has 4 nitrogen and oxygen atoms in total. The fourth-order valence-corrected chi connectivity index (χ4v) is 3.63. The molecule has 1 fully saturated rings. The largest absolute Gasteiger partial charge is 0.335 e. The zero-order valence-electron chi connectivity index (χ0n) is 13.0. The second-order valence-electron chi connectivity index (χ2n) is 5.98. The molecule has 1 aliphatic rings. The van der Waals surface area contributed by atoms with E-state index in [1.54, 1.807) is 6.26 Å². The summed E-state index contributed by atoms with van der Waals surface area (Å²) < 4.78 is 11.2. The number of carbonyl (C=O) groups excluding carboxylic acids is 1. The van der Waals surface area contributed by atoms with E-state index in [1.807, 2.05) is 31.2 Å². The van der Waals surface area contributed by atoms with Crippen molar-refractivity contribution in [3.05, 3.63) is 34.9 Å². The Labute approximate surface area is 139 Å². The van der Waals surface area contributed by atoms with Crippen LogP contribution in [0.5, 0.6) is 0 Å². The fraction of sp³-hybridized carbons (Fsp3) is 0.562. The van der Waals surface area contributed by atoms with Gasteiger partial charge in [-0.15, -0.1) is 0 Å². The van der Waals surface area contributed by atoms with Gasteiger partial charge in [0.1, 0.15) is 0 Å². The molecule has 122 valence electrons. The van der Waals surface area contributed by atoms with Crippen LogP contribution in [0.15, 0.2) is 24.3 Å². The second kappa shape index (κ2) is 7.97. The third-order valence-electron chi connectivity index (χ3n) is 4.00. The molecular formula is C16H23ClN2O2S. The smallest absolute Gasteiger partial charge is 0.315 e. The first-order chi connectivity index (χ1) is 10.5. The molecule has 2 N–H and O–H groups in total. The third kappa shape index (κ3) is 4.99. The Bertz CT molecular complexity index is 531. The molecule has 0 saturated heterocycles. The van der Waals surface area contributed by atoms with Gasteiger partial charge in [-0.1, -0.05) is 30.2 Å². The highest BCUT2D eigenvalue weighted by Crippen LogP contribution is 2.37. The molecule has 1 aliphatic carbocycles. The molecule has 0 unspecified atom stereocenters. The van der Waals surface area contributed by atoms with E-state index in [0.29, 0.717) is 16.7 Å². The van der Waals surface area contributed by atoms with E-state index in [-0.39, 0.29) is 18.1 Å². The number of halogens is 1. The Morgan fingerprint density at radius 1 is 1.32 bits per heavy atom. The zero-order chi connectivity index (χ0) is 16.1. The molecule has 3 atom stereocenters. The van der Waals surface area contributed by atoms with E-state index in [9.17, 15) is 9.00 Å². The molecule has 0 bridgehead atoms. The summed E-state index contributed by atoms with van der Waals surface area (Å²) in [5, 5.41) is 6.62. The van der Waals surface area contributed by atoms with Gasteiger partial charge in [0.2, 0.25) is 0 Å². The highest BCUT2D eigenvalue weighted by Gasteiger charge is 2.30. The Balaban J connectivity index is 1.99. The van der Waals surface area contributed by atoms with Crippen LogP contribution in [0.3, 0.4) is 0 Å². The van der Waals surface area contributed by atoms with Crippen molar-refractivity contribution in [3.8, 4) is 0 Å². The first kappa shape index (κ1) is 17.3. The Kier molecular flexibility index (Phi) is 6.26. The van der Waals surface area contributed by atoms with E-state index in [2.05, 4.69) is 10.6 Å². The van der Waals surface area contributed by atoms with Crippen LogP contribution >= 0.6 is 11.6 Å². The highest BCUT2D eigenvalue weighted by atomic mass is 35.5. The average molecular weight is 343 g/mol. The predicted molar refractivity (Wildman–Crippen MR) is 91.6 cm³/mol. The van der Waals surface area contributed by atoms with Gasteiger partial charge in [0.15, 0.2) is 0 Å². The van der Waals surface area contributed by atoms with Gasteiger partial charge in [-0.2, -0.15) is 0 Å². The lowest BCUT2D eigenvalue weighted by molar-refractivity contribution is 0.206. The van der Waals surface area contributed by atoms with E-state index in [4.69, 9.17) is 11.6 Å².